The number of aliphatic hydroxyl groups is 1. The maximum Gasteiger partial charge on any atom is 0.319 e. The predicted octanol–water partition coefficient (Wildman–Crippen LogP) is 2.61. The fraction of sp³-hybridized carbons (Fsp3) is 0.250. The van der Waals surface area contributed by atoms with Crippen molar-refractivity contribution in [3.8, 4) is 11.8 Å². The molecule has 5 heteroatoms. The van der Waals surface area contributed by atoms with Crippen LogP contribution in [0.1, 0.15) is 17.5 Å². The number of para-hydroxylation sites is 1. The third-order valence-electron chi connectivity index (χ3n) is 3.41. The van der Waals surface area contributed by atoms with Gasteiger partial charge in [0.25, 0.3) is 0 Å². The Hall–Kier alpha value is -2.81. The van der Waals surface area contributed by atoms with Gasteiger partial charge in [0.05, 0.1) is 18.4 Å². The summed E-state index contributed by atoms with van der Waals surface area (Å²) < 4.78 is 4.84. The number of hydrogen-bond donors (Lipinski definition) is 3. The maximum absolute atomic E-state index is 12.0. The summed E-state index contributed by atoms with van der Waals surface area (Å²) in [5.41, 5.74) is 2.29. The van der Waals surface area contributed by atoms with Crippen molar-refractivity contribution in [3.05, 3.63) is 65.7 Å². The van der Waals surface area contributed by atoms with Gasteiger partial charge < -0.3 is 20.5 Å². The number of amides is 2. The van der Waals surface area contributed by atoms with Crippen molar-refractivity contribution in [2.75, 3.05) is 25.6 Å². The molecule has 2 aromatic rings. The lowest BCUT2D eigenvalue weighted by Crippen LogP contribution is -2.32. The number of anilines is 1. The second-order valence-electron chi connectivity index (χ2n) is 5.44. The molecular formula is C20H22N2O3. The van der Waals surface area contributed by atoms with Crippen molar-refractivity contribution in [1.82, 2.24) is 5.32 Å². The Kier molecular flexibility index (Phi) is 7.51. The maximum atomic E-state index is 12.0. The number of nitrogens with one attached hydrogen (secondary N) is 2. The number of carbonyl (C=O) groups is 1. The van der Waals surface area contributed by atoms with Crippen LogP contribution in [0, 0.1) is 11.8 Å². The van der Waals surface area contributed by atoms with E-state index in [-0.39, 0.29) is 12.6 Å². The second kappa shape index (κ2) is 10.1. The molecule has 0 aromatic heterocycles. The van der Waals surface area contributed by atoms with E-state index in [2.05, 4.69) is 22.5 Å². The molecule has 0 bridgehead atoms. The first kappa shape index (κ1) is 18.5. The van der Waals surface area contributed by atoms with Gasteiger partial charge in [0.2, 0.25) is 0 Å². The van der Waals surface area contributed by atoms with Crippen LogP contribution in [0.2, 0.25) is 0 Å². The topological polar surface area (TPSA) is 70.6 Å². The van der Waals surface area contributed by atoms with Crippen LogP contribution in [-0.2, 0) is 4.74 Å². The van der Waals surface area contributed by atoms with Gasteiger partial charge in [0, 0.05) is 24.8 Å². The minimum absolute atomic E-state index is 0.251. The lowest BCUT2D eigenvalue weighted by molar-refractivity contribution is 0.0599. The lowest BCUT2D eigenvalue weighted by atomic mass is 10.1. The minimum Gasteiger partial charge on any atom is -0.391 e. The molecule has 2 rings (SSSR count). The molecule has 0 aliphatic heterocycles. The summed E-state index contributed by atoms with van der Waals surface area (Å²) in [5.74, 6) is 6.16. The molecule has 0 spiro atoms. The van der Waals surface area contributed by atoms with E-state index in [1.807, 2.05) is 48.5 Å². The average Bonchev–Trinajstić information content (AvgIpc) is 2.62. The molecular weight excluding hydrogens is 316 g/mol. The van der Waals surface area contributed by atoms with Gasteiger partial charge in [-0.25, -0.2) is 4.79 Å². The van der Waals surface area contributed by atoms with Crippen LogP contribution in [0.4, 0.5) is 10.5 Å². The standard InChI is InChI=1S/C20H22N2O3/c1-25-15-18(23)13-14-21-20(24)22-19-10-6-5-9-17(19)12-11-16-7-3-2-4-8-16/h2-10,18,23H,13-15H2,1H3,(H2,21,22,24). The molecule has 0 aliphatic carbocycles. The Morgan fingerprint density at radius 1 is 1.12 bits per heavy atom. The summed E-state index contributed by atoms with van der Waals surface area (Å²) >= 11 is 0. The highest BCUT2D eigenvalue weighted by Gasteiger charge is 2.07. The van der Waals surface area contributed by atoms with E-state index in [4.69, 9.17) is 4.74 Å². The molecule has 25 heavy (non-hydrogen) atoms. The molecule has 3 N–H and O–H groups in total. The largest absolute Gasteiger partial charge is 0.391 e. The highest BCUT2D eigenvalue weighted by atomic mass is 16.5. The summed E-state index contributed by atoms with van der Waals surface area (Å²) in [6.45, 7) is 0.607. The lowest BCUT2D eigenvalue weighted by Gasteiger charge is -2.11. The quantitative estimate of drug-likeness (QED) is 0.709. The van der Waals surface area contributed by atoms with Crippen molar-refractivity contribution in [1.29, 1.82) is 0 Å². The molecule has 0 radical (unpaired) electrons. The summed E-state index contributed by atoms with van der Waals surface area (Å²) in [6.07, 6.45) is -0.161. The first-order valence-electron chi connectivity index (χ1n) is 8.07. The molecule has 1 unspecified atom stereocenters. The normalized spacial score (nSPS) is 11.1. The number of aliphatic hydroxyl groups excluding tert-OH is 1. The van der Waals surface area contributed by atoms with Crippen LogP contribution < -0.4 is 10.6 Å². The third kappa shape index (κ3) is 6.68. The van der Waals surface area contributed by atoms with Crippen LogP contribution in [0.25, 0.3) is 0 Å². The first-order chi connectivity index (χ1) is 12.2. The Labute approximate surface area is 148 Å². The van der Waals surface area contributed by atoms with Gasteiger partial charge in [-0.05, 0) is 30.7 Å². The van der Waals surface area contributed by atoms with Crippen molar-refractivity contribution >= 4 is 11.7 Å². The fourth-order valence-electron chi connectivity index (χ4n) is 2.16. The van der Waals surface area contributed by atoms with E-state index in [0.29, 0.717) is 18.7 Å². The molecule has 0 saturated heterocycles. The van der Waals surface area contributed by atoms with Crippen LogP contribution in [-0.4, -0.2) is 37.5 Å². The van der Waals surface area contributed by atoms with Crippen LogP contribution >= 0.6 is 0 Å². The monoisotopic (exact) mass is 338 g/mol. The molecule has 0 saturated carbocycles. The summed E-state index contributed by atoms with van der Waals surface area (Å²) in [7, 11) is 1.52. The molecule has 0 aliphatic rings. The summed E-state index contributed by atoms with van der Waals surface area (Å²) in [6, 6.07) is 16.7. The van der Waals surface area contributed by atoms with E-state index in [9.17, 15) is 9.90 Å². The number of ether oxygens (including phenoxy) is 1. The average molecular weight is 338 g/mol. The Balaban J connectivity index is 1.94. The highest BCUT2D eigenvalue weighted by molar-refractivity contribution is 5.90. The van der Waals surface area contributed by atoms with Gasteiger partial charge in [0.15, 0.2) is 0 Å². The number of methoxy groups -OCH3 is 1. The molecule has 130 valence electrons. The van der Waals surface area contributed by atoms with Gasteiger partial charge in [-0.3, -0.25) is 0 Å². The molecule has 2 amide bonds. The number of benzene rings is 2. The molecule has 0 fully saturated rings. The van der Waals surface area contributed by atoms with E-state index in [0.717, 1.165) is 11.1 Å². The zero-order valence-electron chi connectivity index (χ0n) is 14.2. The number of rotatable bonds is 6. The Morgan fingerprint density at radius 2 is 1.84 bits per heavy atom. The number of urea groups is 1. The number of carbonyl (C=O) groups excluding carboxylic acids is 1. The van der Waals surface area contributed by atoms with Crippen LogP contribution in [0.15, 0.2) is 54.6 Å². The van der Waals surface area contributed by atoms with Gasteiger partial charge in [-0.15, -0.1) is 0 Å². The van der Waals surface area contributed by atoms with E-state index in [1.54, 1.807) is 6.07 Å². The first-order valence-corrected chi connectivity index (χ1v) is 8.07. The van der Waals surface area contributed by atoms with Crippen LogP contribution in [0.3, 0.4) is 0 Å². The second-order valence-corrected chi connectivity index (χ2v) is 5.44. The van der Waals surface area contributed by atoms with Crippen molar-refractivity contribution < 1.29 is 14.6 Å². The summed E-state index contributed by atoms with van der Waals surface area (Å²) in [4.78, 5) is 12.0. The molecule has 1 atom stereocenters. The highest BCUT2D eigenvalue weighted by Crippen LogP contribution is 2.13. The van der Waals surface area contributed by atoms with E-state index in [1.165, 1.54) is 7.11 Å². The van der Waals surface area contributed by atoms with Crippen molar-refractivity contribution in [3.63, 3.8) is 0 Å². The van der Waals surface area contributed by atoms with Crippen molar-refractivity contribution in [2.24, 2.45) is 0 Å². The van der Waals surface area contributed by atoms with Gasteiger partial charge >= 0.3 is 6.03 Å². The Bertz CT molecular complexity index is 735. The SMILES string of the molecule is COCC(O)CCNC(=O)Nc1ccccc1C#Cc1ccccc1. The minimum atomic E-state index is -0.589. The predicted molar refractivity (Wildman–Crippen MR) is 98.4 cm³/mol. The van der Waals surface area contributed by atoms with Crippen molar-refractivity contribution in [2.45, 2.75) is 12.5 Å². The van der Waals surface area contributed by atoms with Crippen LogP contribution in [0.5, 0.6) is 0 Å². The summed E-state index contributed by atoms with van der Waals surface area (Å²) in [5, 5.41) is 15.1. The Morgan fingerprint density at radius 3 is 2.60 bits per heavy atom. The smallest absolute Gasteiger partial charge is 0.319 e. The van der Waals surface area contributed by atoms with Gasteiger partial charge in [-0.1, -0.05) is 42.2 Å². The van der Waals surface area contributed by atoms with E-state index < -0.39 is 6.10 Å². The molecule has 5 nitrogen and oxygen atoms in total. The number of hydrogen-bond acceptors (Lipinski definition) is 3. The van der Waals surface area contributed by atoms with Gasteiger partial charge in [0.1, 0.15) is 0 Å². The van der Waals surface area contributed by atoms with E-state index >= 15 is 0 Å². The van der Waals surface area contributed by atoms with Gasteiger partial charge in [-0.2, -0.15) is 0 Å². The molecule has 2 aromatic carbocycles. The molecule has 0 heterocycles. The fourth-order valence-corrected chi connectivity index (χ4v) is 2.16. The zero-order chi connectivity index (χ0) is 17.9. The third-order valence-corrected chi connectivity index (χ3v) is 3.41. The zero-order valence-corrected chi connectivity index (χ0v) is 14.2.